The van der Waals surface area contributed by atoms with Crippen molar-refractivity contribution in [2.75, 3.05) is 25.5 Å². The summed E-state index contributed by atoms with van der Waals surface area (Å²) in [7, 11) is 1.45. The molecule has 0 fully saturated rings. The SMILES string of the molecule is CC(=O)[C@@H](NC(=O)[C@H](C(C)C)N(C)C(=O)OCc1ccc(NC(=O)[C@H](CCCNC(N)=O)NC(=O)[C@@H](NC(=O)CCCCCN2C(=O)C=CC2=O)C(C)C)cc1)C(C)C. The van der Waals surface area contributed by atoms with Crippen LogP contribution in [0.1, 0.15) is 92.6 Å². The second-order valence-electron chi connectivity index (χ2n) is 15.6. The van der Waals surface area contributed by atoms with Gasteiger partial charge in [-0.2, -0.15) is 0 Å². The molecule has 18 nitrogen and oxygen atoms in total. The van der Waals surface area contributed by atoms with Crippen molar-refractivity contribution in [2.24, 2.45) is 23.5 Å². The van der Waals surface area contributed by atoms with Gasteiger partial charge in [-0.15, -0.1) is 0 Å². The molecule has 0 aromatic heterocycles. The Morgan fingerprint density at radius 1 is 0.746 bits per heavy atom. The first kappa shape index (κ1) is 49.3. The summed E-state index contributed by atoms with van der Waals surface area (Å²) in [5, 5.41) is 13.5. The molecular formula is C41H62N8O10. The highest BCUT2D eigenvalue weighted by molar-refractivity contribution is 6.12. The number of urea groups is 1. The Labute approximate surface area is 346 Å². The van der Waals surface area contributed by atoms with E-state index in [0.29, 0.717) is 30.5 Å². The van der Waals surface area contributed by atoms with Crippen molar-refractivity contribution in [3.05, 3.63) is 42.0 Å². The van der Waals surface area contributed by atoms with Crippen molar-refractivity contribution in [1.82, 2.24) is 31.1 Å². The van der Waals surface area contributed by atoms with E-state index >= 15 is 0 Å². The van der Waals surface area contributed by atoms with E-state index in [1.807, 2.05) is 13.8 Å². The number of nitrogens with two attached hydrogens (primary N) is 1. The van der Waals surface area contributed by atoms with Crippen LogP contribution in [0.5, 0.6) is 0 Å². The van der Waals surface area contributed by atoms with Crippen molar-refractivity contribution in [3.8, 4) is 0 Å². The maximum absolute atomic E-state index is 13.5. The van der Waals surface area contributed by atoms with E-state index in [0.717, 1.165) is 4.90 Å². The Morgan fingerprint density at radius 2 is 1.36 bits per heavy atom. The number of anilines is 1. The number of hydrogen-bond donors (Lipinski definition) is 6. The number of carbonyl (C=O) groups is 9. The molecule has 0 aliphatic carbocycles. The summed E-state index contributed by atoms with van der Waals surface area (Å²) >= 11 is 0. The first-order chi connectivity index (χ1) is 27.7. The highest BCUT2D eigenvalue weighted by Crippen LogP contribution is 2.16. The van der Waals surface area contributed by atoms with Gasteiger partial charge in [-0.25, -0.2) is 9.59 Å². The molecule has 18 heteroatoms. The minimum Gasteiger partial charge on any atom is -0.445 e. The van der Waals surface area contributed by atoms with Gasteiger partial charge < -0.3 is 37.1 Å². The molecule has 2 rings (SSSR count). The maximum atomic E-state index is 13.5. The molecule has 9 amide bonds. The molecule has 0 spiro atoms. The lowest BCUT2D eigenvalue weighted by Crippen LogP contribution is -2.55. The van der Waals surface area contributed by atoms with Crippen LogP contribution < -0.4 is 32.3 Å². The Morgan fingerprint density at radius 3 is 1.90 bits per heavy atom. The number of likely N-dealkylation sites (N-methyl/N-ethyl adjacent to an activating group) is 1. The number of unbranched alkanes of at least 4 members (excludes halogenated alkanes) is 2. The number of nitrogens with zero attached hydrogens (tertiary/aromatic N) is 2. The number of primary amides is 1. The lowest BCUT2D eigenvalue weighted by molar-refractivity contribution is -0.137. The van der Waals surface area contributed by atoms with E-state index in [9.17, 15) is 43.2 Å². The third-order valence-electron chi connectivity index (χ3n) is 9.65. The molecule has 0 saturated heterocycles. The van der Waals surface area contributed by atoms with Crippen LogP contribution in [0.4, 0.5) is 15.3 Å². The Balaban J connectivity index is 2.01. The topological polar surface area (TPSA) is 256 Å². The number of rotatable bonds is 24. The van der Waals surface area contributed by atoms with Gasteiger partial charge in [0.1, 0.15) is 24.7 Å². The van der Waals surface area contributed by atoms with Crippen LogP contribution in [0.3, 0.4) is 0 Å². The molecule has 1 aliphatic heterocycles. The van der Waals surface area contributed by atoms with Crippen molar-refractivity contribution < 1.29 is 47.9 Å². The lowest BCUT2D eigenvalue weighted by atomic mass is 9.97. The van der Waals surface area contributed by atoms with E-state index in [1.54, 1.807) is 52.0 Å². The number of benzene rings is 1. The molecule has 1 aromatic rings. The average molecular weight is 827 g/mol. The molecule has 1 heterocycles. The van der Waals surface area contributed by atoms with Gasteiger partial charge in [0.05, 0.1) is 6.04 Å². The Hall–Kier alpha value is -5.81. The molecule has 0 bridgehead atoms. The third-order valence-corrected chi connectivity index (χ3v) is 9.65. The van der Waals surface area contributed by atoms with Gasteiger partial charge in [0.2, 0.25) is 23.6 Å². The predicted octanol–water partition coefficient (Wildman–Crippen LogP) is 2.51. The zero-order valence-electron chi connectivity index (χ0n) is 35.4. The molecule has 326 valence electrons. The van der Waals surface area contributed by atoms with Crippen LogP contribution >= 0.6 is 0 Å². The van der Waals surface area contributed by atoms with E-state index < -0.39 is 54.0 Å². The number of Topliss-reactive ketones (excluding diaryl/α,β-unsaturated/α-hetero) is 1. The van der Waals surface area contributed by atoms with Gasteiger partial charge in [0, 0.05) is 44.4 Å². The van der Waals surface area contributed by atoms with Gasteiger partial charge in [-0.3, -0.25) is 43.4 Å². The minimum absolute atomic E-state index is 0.113. The summed E-state index contributed by atoms with van der Waals surface area (Å²) in [5.74, 6) is -3.63. The molecule has 1 aliphatic rings. The van der Waals surface area contributed by atoms with Crippen LogP contribution in [0.15, 0.2) is 36.4 Å². The van der Waals surface area contributed by atoms with E-state index in [1.165, 1.54) is 31.0 Å². The molecule has 7 N–H and O–H groups in total. The Kier molecular flexibility index (Phi) is 20.2. The number of amides is 9. The zero-order chi connectivity index (χ0) is 44.4. The molecule has 0 unspecified atom stereocenters. The quantitative estimate of drug-likeness (QED) is 0.0656. The molecule has 4 atom stereocenters. The van der Waals surface area contributed by atoms with Gasteiger partial charge >= 0.3 is 12.1 Å². The number of ketones is 1. The summed E-state index contributed by atoms with van der Waals surface area (Å²) in [5.41, 5.74) is 6.13. The fraction of sp³-hybridized carbons (Fsp3) is 0.585. The molecule has 1 aromatic carbocycles. The van der Waals surface area contributed by atoms with E-state index in [4.69, 9.17) is 10.5 Å². The Bertz CT molecular complexity index is 1680. The molecular weight excluding hydrogens is 764 g/mol. The van der Waals surface area contributed by atoms with Gasteiger partial charge in [0.15, 0.2) is 5.78 Å². The van der Waals surface area contributed by atoms with Crippen molar-refractivity contribution in [3.63, 3.8) is 0 Å². The van der Waals surface area contributed by atoms with Gasteiger partial charge in [-0.1, -0.05) is 60.1 Å². The van der Waals surface area contributed by atoms with Gasteiger partial charge in [-0.05, 0) is 68.1 Å². The largest absolute Gasteiger partial charge is 0.445 e. The highest BCUT2D eigenvalue weighted by Gasteiger charge is 2.34. The highest BCUT2D eigenvalue weighted by atomic mass is 16.6. The first-order valence-corrected chi connectivity index (χ1v) is 20.0. The molecule has 59 heavy (non-hydrogen) atoms. The number of carbonyl (C=O) groups excluding carboxylic acids is 9. The van der Waals surface area contributed by atoms with Crippen molar-refractivity contribution in [2.45, 2.75) is 118 Å². The average Bonchev–Trinajstić information content (AvgIpc) is 3.48. The van der Waals surface area contributed by atoms with E-state index in [-0.39, 0.29) is 80.2 Å². The second kappa shape index (κ2) is 24.2. The van der Waals surface area contributed by atoms with Crippen LogP contribution in [-0.4, -0.2) is 107 Å². The predicted molar refractivity (Wildman–Crippen MR) is 219 cm³/mol. The maximum Gasteiger partial charge on any atom is 0.410 e. The molecule has 0 saturated carbocycles. The van der Waals surface area contributed by atoms with Gasteiger partial charge in [0.25, 0.3) is 11.8 Å². The van der Waals surface area contributed by atoms with Crippen molar-refractivity contribution >= 4 is 59.0 Å². The zero-order valence-corrected chi connectivity index (χ0v) is 35.4. The fourth-order valence-electron chi connectivity index (χ4n) is 6.39. The van der Waals surface area contributed by atoms with Crippen LogP contribution in [0.2, 0.25) is 0 Å². The lowest BCUT2D eigenvalue weighted by Gasteiger charge is -2.31. The summed E-state index contributed by atoms with van der Waals surface area (Å²) < 4.78 is 5.48. The van der Waals surface area contributed by atoms with Crippen molar-refractivity contribution in [1.29, 1.82) is 0 Å². The number of imide groups is 1. The van der Waals surface area contributed by atoms with Crippen LogP contribution in [0.25, 0.3) is 0 Å². The number of nitrogens with one attached hydrogen (secondary N) is 5. The number of hydrogen-bond acceptors (Lipinski definition) is 10. The van der Waals surface area contributed by atoms with Crippen LogP contribution in [0, 0.1) is 17.8 Å². The number of ether oxygens (including phenoxy) is 1. The van der Waals surface area contributed by atoms with Crippen LogP contribution in [-0.2, 0) is 44.9 Å². The summed E-state index contributed by atoms with van der Waals surface area (Å²) in [6.45, 7) is 12.4. The fourth-order valence-corrected chi connectivity index (χ4v) is 6.39. The normalized spacial score (nSPS) is 14.4. The first-order valence-electron chi connectivity index (χ1n) is 20.0. The standard InChI is InChI=1S/C41H62N8O10/c1-24(2)34(27(7)50)47-39(56)36(26(5)6)48(8)41(58)59-23-28-15-17-29(18-16-28)44-37(54)30(13-12-21-43-40(42)57)45-38(55)35(25(3)4)46-31(51)14-10-9-11-22-49-32(52)19-20-33(49)53/h15-20,24-26,30,34-36H,9-14,21-23H2,1-8H3,(H,44,54)(H,45,55)(H,46,51)(H,47,56)(H3,42,43,57)/t30-,34-,35-,36-/m0/s1. The minimum atomic E-state index is -1.06. The van der Waals surface area contributed by atoms with E-state index in [2.05, 4.69) is 26.6 Å². The third kappa shape index (κ3) is 16.5. The summed E-state index contributed by atoms with van der Waals surface area (Å²) in [6.07, 6.45) is 3.79. The molecule has 0 radical (unpaired) electrons. The summed E-state index contributed by atoms with van der Waals surface area (Å²) in [4.78, 5) is 115. The summed E-state index contributed by atoms with van der Waals surface area (Å²) in [6, 6.07) is 2.10. The second-order valence-corrected chi connectivity index (χ2v) is 15.6. The monoisotopic (exact) mass is 826 g/mol. The smallest absolute Gasteiger partial charge is 0.410 e.